The van der Waals surface area contributed by atoms with Crippen LogP contribution in [0.2, 0.25) is 0 Å². The maximum absolute atomic E-state index is 11.6. The number of aliphatic hydroxyl groups is 1. The molecule has 0 spiro atoms. The van der Waals surface area contributed by atoms with Crippen LogP contribution in [0.4, 0.5) is 5.69 Å². The number of nitrogens with zero attached hydrogens (tertiary/aromatic N) is 1. The molecule has 1 aliphatic carbocycles. The molecule has 0 aliphatic heterocycles. The average Bonchev–Trinajstić information content (AvgIpc) is 3.06. The molecule has 2 rings (SSSR count). The Balaban J connectivity index is 1.92. The first-order valence-corrected chi connectivity index (χ1v) is 8.08. The van der Waals surface area contributed by atoms with Gasteiger partial charge in [-0.2, -0.15) is 0 Å². The number of aliphatic imine (C=N–C) groups is 1. The number of carbonyl (C=O) groups is 1. The Morgan fingerprint density at radius 3 is 2.77 bits per heavy atom. The van der Waals surface area contributed by atoms with E-state index in [0.29, 0.717) is 16.9 Å². The molecule has 0 bridgehead atoms. The average molecular weight is 301 g/mol. The zero-order valence-corrected chi connectivity index (χ0v) is 14.1. The first-order chi connectivity index (χ1) is 10.2. The lowest BCUT2D eigenvalue weighted by Gasteiger charge is -2.18. The largest absolute Gasteiger partial charge is 0.390 e. The highest BCUT2D eigenvalue weighted by Gasteiger charge is 2.48. The van der Waals surface area contributed by atoms with E-state index in [4.69, 9.17) is 0 Å². The number of hydrogen-bond donors (Lipinski definition) is 1. The Morgan fingerprint density at radius 2 is 2.14 bits per heavy atom. The first-order valence-electron chi connectivity index (χ1n) is 8.08. The normalized spacial score (nSPS) is 24.7. The fourth-order valence-electron chi connectivity index (χ4n) is 2.94. The summed E-state index contributed by atoms with van der Waals surface area (Å²) >= 11 is 0. The van der Waals surface area contributed by atoms with Crippen LogP contribution < -0.4 is 0 Å². The maximum atomic E-state index is 11.6. The van der Waals surface area contributed by atoms with Crippen LogP contribution in [0.5, 0.6) is 0 Å². The summed E-state index contributed by atoms with van der Waals surface area (Å²) in [5, 5.41) is 9.78. The van der Waals surface area contributed by atoms with E-state index in [-0.39, 0.29) is 5.78 Å². The molecule has 1 aromatic carbocycles. The molecule has 1 saturated carbocycles. The van der Waals surface area contributed by atoms with Crippen molar-refractivity contribution in [1.29, 1.82) is 0 Å². The van der Waals surface area contributed by atoms with Gasteiger partial charge in [0.05, 0.1) is 11.3 Å². The van der Waals surface area contributed by atoms with Crippen molar-refractivity contribution >= 4 is 17.7 Å². The third-order valence-corrected chi connectivity index (χ3v) is 4.63. The van der Waals surface area contributed by atoms with Crippen molar-refractivity contribution in [3.63, 3.8) is 0 Å². The van der Waals surface area contributed by atoms with Crippen molar-refractivity contribution in [2.24, 2.45) is 16.3 Å². The van der Waals surface area contributed by atoms with E-state index >= 15 is 0 Å². The van der Waals surface area contributed by atoms with Crippen LogP contribution in [0.25, 0.3) is 0 Å². The van der Waals surface area contributed by atoms with Gasteiger partial charge in [-0.1, -0.05) is 25.5 Å². The van der Waals surface area contributed by atoms with Gasteiger partial charge in [0.15, 0.2) is 5.78 Å². The summed E-state index contributed by atoms with van der Waals surface area (Å²) < 4.78 is 0. The van der Waals surface area contributed by atoms with E-state index in [1.54, 1.807) is 6.92 Å². The molecule has 1 aliphatic rings. The summed E-state index contributed by atoms with van der Waals surface area (Å²) in [5.74, 6) is 0.533. The molecule has 0 saturated heterocycles. The third-order valence-electron chi connectivity index (χ3n) is 4.63. The van der Waals surface area contributed by atoms with E-state index in [2.05, 4.69) is 11.9 Å². The summed E-state index contributed by atoms with van der Waals surface area (Å²) in [6.07, 6.45) is 6.13. The minimum absolute atomic E-state index is 0.0523. The quantitative estimate of drug-likeness (QED) is 0.593. The van der Waals surface area contributed by atoms with E-state index in [1.165, 1.54) is 0 Å². The molecule has 0 heterocycles. The smallest absolute Gasteiger partial charge is 0.161 e. The summed E-state index contributed by atoms with van der Waals surface area (Å²) in [4.78, 5) is 16.1. The lowest BCUT2D eigenvalue weighted by molar-refractivity contribution is 0.0665. The molecule has 3 nitrogen and oxygen atoms in total. The van der Waals surface area contributed by atoms with Crippen molar-refractivity contribution < 1.29 is 9.90 Å². The fraction of sp³-hybridized carbons (Fsp3) is 0.579. The van der Waals surface area contributed by atoms with Gasteiger partial charge in [-0.15, -0.1) is 0 Å². The summed E-state index contributed by atoms with van der Waals surface area (Å²) in [6, 6.07) is 7.49. The van der Waals surface area contributed by atoms with Gasteiger partial charge in [0.2, 0.25) is 0 Å². The molecular formula is C19H27NO2. The zero-order valence-electron chi connectivity index (χ0n) is 14.1. The Bertz CT molecular complexity index is 571. The molecule has 1 fully saturated rings. The van der Waals surface area contributed by atoms with Gasteiger partial charge < -0.3 is 5.11 Å². The third kappa shape index (κ3) is 4.51. The lowest BCUT2D eigenvalue weighted by Crippen LogP contribution is -2.18. The minimum atomic E-state index is -0.574. The highest BCUT2D eigenvalue weighted by Crippen LogP contribution is 2.55. The molecular weight excluding hydrogens is 274 g/mol. The molecule has 0 radical (unpaired) electrons. The molecule has 120 valence electrons. The molecule has 22 heavy (non-hydrogen) atoms. The van der Waals surface area contributed by atoms with Crippen LogP contribution >= 0.6 is 0 Å². The van der Waals surface area contributed by atoms with Crippen LogP contribution in [0, 0.1) is 11.3 Å². The van der Waals surface area contributed by atoms with Crippen molar-refractivity contribution in [2.75, 3.05) is 0 Å². The first kappa shape index (κ1) is 16.9. The van der Waals surface area contributed by atoms with E-state index < -0.39 is 5.60 Å². The summed E-state index contributed by atoms with van der Waals surface area (Å²) in [5.41, 5.74) is 1.18. The molecule has 3 heteroatoms. The van der Waals surface area contributed by atoms with Crippen molar-refractivity contribution in [3.05, 3.63) is 29.8 Å². The number of carbonyl (C=O) groups excluding carboxylic acids is 1. The highest BCUT2D eigenvalue weighted by atomic mass is 16.3. The fourth-order valence-corrected chi connectivity index (χ4v) is 2.94. The molecule has 0 aromatic heterocycles. The lowest BCUT2D eigenvalue weighted by atomic mass is 9.94. The van der Waals surface area contributed by atoms with Gasteiger partial charge in [-0.05, 0) is 57.6 Å². The van der Waals surface area contributed by atoms with Crippen molar-refractivity contribution in [3.8, 4) is 0 Å². The van der Waals surface area contributed by atoms with Gasteiger partial charge in [-0.25, -0.2) is 0 Å². The zero-order chi connectivity index (χ0) is 16.4. The van der Waals surface area contributed by atoms with Gasteiger partial charge >= 0.3 is 0 Å². The predicted molar refractivity (Wildman–Crippen MR) is 91.0 cm³/mol. The number of benzene rings is 1. The number of hydrogen-bond acceptors (Lipinski definition) is 3. The number of rotatable bonds is 7. The van der Waals surface area contributed by atoms with E-state index in [1.807, 2.05) is 44.3 Å². The Morgan fingerprint density at radius 1 is 1.45 bits per heavy atom. The Kier molecular flexibility index (Phi) is 4.86. The Hall–Kier alpha value is -1.48. The summed E-state index contributed by atoms with van der Waals surface area (Å²) in [7, 11) is 0. The highest BCUT2D eigenvalue weighted by molar-refractivity contribution is 5.99. The predicted octanol–water partition coefficient (Wildman–Crippen LogP) is 4.56. The topological polar surface area (TPSA) is 49.7 Å². The van der Waals surface area contributed by atoms with Crippen LogP contribution in [0.1, 0.15) is 63.7 Å². The second-order valence-electron chi connectivity index (χ2n) is 7.48. The van der Waals surface area contributed by atoms with Crippen LogP contribution in [0.15, 0.2) is 29.3 Å². The number of Topliss-reactive ketones (excluding diaryl/α,β-unsaturated/α-hetero) is 1. The molecule has 2 unspecified atom stereocenters. The van der Waals surface area contributed by atoms with Gasteiger partial charge in [0.1, 0.15) is 0 Å². The SMILES string of the molecule is CC(=O)c1ccccc1N=CC1CC1(C)CCCC(C)(C)O. The number of ketones is 1. The standard InChI is InChI=1S/C19H27NO2/c1-14(21)16-8-5-6-9-17(16)20-13-15-12-19(15,4)11-7-10-18(2,3)22/h5-6,8-9,13,15,22H,7,10-12H2,1-4H3. The van der Waals surface area contributed by atoms with Crippen LogP contribution in [-0.2, 0) is 0 Å². The molecule has 1 aromatic rings. The number of para-hydroxylation sites is 1. The maximum Gasteiger partial charge on any atom is 0.161 e. The van der Waals surface area contributed by atoms with Gasteiger partial charge in [0, 0.05) is 17.7 Å². The van der Waals surface area contributed by atoms with Crippen LogP contribution in [0.3, 0.4) is 0 Å². The van der Waals surface area contributed by atoms with Gasteiger partial charge in [-0.3, -0.25) is 9.79 Å². The van der Waals surface area contributed by atoms with E-state index in [0.717, 1.165) is 31.4 Å². The molecule has 2 atom stereocenters. The van der Waals surface area contributed by atoms with Gasteiger partial charge in [0.25, 0.3) is 0 Å². The van der Waals surface area contributed by atoms with Crippen LogP contribution in [-0.4, -0.2) is 22.7 Å². The second kappa shape index (κ2) is 6.33. The Labute approximate surface area is 133 Å². The van der Waals surface area contributed by atoms with Crippen molar-refractivity contribution in [2.45, 2.75) is 59.0 Å². The van der Waals surface area contributed by atoms with E-state index in [9.17, 15) is 9.90 Å². The molecule has 1 N–H and O–H groups in total. The molecule has 0 amide bonds. The monoisotopic (exact) mass is 301 g/mol. The summed E-state index contributed by atoms with van der Waals surface area (Å²) in [6.45, 7) is 7.58. The minimum Gasteiger partial charge on any atom is -0.390 e. The van der Waals surface area contributed by atoms with Crippen molar-refractivity contribution in [1.82, 2.24) is 0 Å². The second-order valence-corrected chi connectivity index (χ2v) is 7.48.